The van der Waals surface area contributed by atoms with Crippen molar-refractivity contribution in [3.8, 4) is 22.9 Å². The molecule has 0 saturated carbocycles. The van der Waals surface area contributed by atoms with E-state index in [2.05, 4.69) is 9.89 Å². The maximum atomic E-state index is 13.7. The number of imidazole rings is 1. The normalized spacial score (nSPS) is 13.7. The Hall–Kier alpha value is -5.91. The quantitative estimate of drug-likeness (QED) is 0.107. The van der Waals surface area contributed by atoms with Crippen LogP contribution in [-0.2, 0) is 4.79 Å². The SMILES string of the molecule is NC(=O)C(CCCN=C(N)N)n1c(-c2ccccc2Oc2ccccc2)nc2cc(C(=O)N3CCN(c4ccc(F)cc4)CC3)ccc21. The highest BCUT2D eigenvalue weighted by molar-refractivity contribution is 5.98. The fourth-order valence-electron chi connectivity index (χ4n) is 5.99. The van der Waals surface area contributed by atoms with E-state index < -0.39 is 11.9 Å². The van der Waals surface area contributed by atoms with Gasteiger partial charge in [0, 0.05) is 44.0 Å². The molecule has 0 spiro atoms. The Bertz CT molecular complexity index is 1930. The highest BCUT2D eigenvalue weighted by Gasteiger charge is 2.28. The Balaban J connectivity index is 1.34. The van der Waals surface area contributed by atoms with Gasteiger partial charge in [-0.2, -0.15) is 0 Å². The molecule has 0 radical (unpaired) electrons. The summed E-state index contributed by atoms with van der Waals surface area (Å²) in [6.07, 6.45) is 0.846. The standard InChI is InChI=1S/C36H37FN8O3/c37-25-13-15-26(16-14-25)43-19-21-44(22-20-43)35(47)24-12-17-30-29(23-24)42-34(45(30)31(33(38)46)10-6-18-41-36(39)40)28-9-4-5-11-32(28)48-27-7-2-1-3-8-27/h1-5,7-9,11-17,23,31H,6,10,18-22H2,(H2,38,46)(H4,39,40,41). The van der Waals surface area contributed by atoms with Crippen molar-refractivity contribution < 1.29 is 18.7 Å². The number of aromatic nitrogens is 2. The van der Waals surface area contributed by atoms with Crippen LogP contribution in [0, 0.1) is 5.82 Å². The number of para-hydroxylation sites is 2. The number of aliphatic imine (C=N–C) groups is 1. The second-order valence-corrected chi connectivity index (χ2v) is 11.5. The first-order chi connectivity index (χ1) is 23.3. The van der Waals surface area contributed by atoms with Crippen molar-refractivity contribution in [1.82, 2.24) is 14.5 Å². The average molecular weight is 649 g/mol. The molecular weight excluding hydrogens is 611 g/mol. The van der Waals surface area contributed by atoms with Crippen LogP contribution in [0.4, 0.5) is 10.1 Å². The van der Waals surface area contributed by atoms with Gasteiger partial charge in [-0.05, 0) is 79.6 Å². The number of benzene rings is 4. The maximum absolute atomic E-state index is 13.7. The first-order valence-corrected chi connectivity index (χ1v) is 15.8. The van der Waals surface area contributed by atoms with E-state index in [0.717, 1.165) is 5.69 Å². The number of ether oxygens (including phenoxy) is 1. The minimum absolute atomic E-state index is 0.0274. The van der Waals surface area contributed by atoms with Gasteiger partial charge in [-0.25, -0.2) is 9.37 Å². The molecule has 12 heteroatoms. The molecular formula is C36H37FN8O3. The summed E-state index contributed by atoms with van der Waals surface area (Å²) in [5.41, 5.74) is 20.3. The van der Waals surface area contributed by atoms with E-state index in [1.807, 2.05) is 59.2 Å². The fraction of sp³-hybridized carbons (Fsp3) is 0.222. The van der Waals surface area contributed by atoms with Crippen molar-refractivity contribution >= 4 is 34.5 Å². The number of carbonyl (C=O) groups excluding carboxylic acids is 2. The zero-order chi connectivity index (χ0) is 33.6. The highest BCUT2D eigenvalue weighted by atomic mass is 19.1. The molecule has 1 atom stereocenters. The molecule has 0 bridgehead atoms. The third kappa shape index (κ3) is 7.07. The topological polar surface area (TPSA) is 158 Å². The summed E-state index contributed by atoms with van der Waals surface area (Å²) < 4.78 is 21.5. The summed E-state index contributed by atoms with van der Waals surface area (Å²) in [6.45, 7) is 2.59. The minimum atomic E-state index is -0.787. The third-order valence-corrected chi connectivity index (χ3v) is 8.36. The van der Waals surface area contributed by atoms with Gasteiger partial charge in [-0.1, -0.05) is 30.3 Å². The van der Waals surface area contributed by atoms with Gasteiger partial charge in [-0.15, -0.1) is 0 Å². The molecule has 6 rings (SSSR count). The predicted molar refractivity (Wildman–Crippen MR) is 184 cm³/mol. The number of hydrogen-bond donors (Lipinski definition) is 3. The van der Waals surface area contributed by atoms with Crippen LogP contribution >= 0.6 is 0 Å². The van der Waals surface area contributed by atoms with Gasteiger partial charge < -0.3 is 36.3 Å². The summed E-state index contributed by atoms with van der Waals surface area (Å²) in [5.74, 6) is 0.682. The first-order valence-electron chi connectivity index (χ1n) is 15.8. The van der Waals surface area contributed by atoms with Crippen LogP contribution in [0.3, 0.4) is 0 Å². The summed E-state index contributed by atoms with van der Waals surface area (Å²) >= 11 is 0. The van der Waals surface area contributed by atoms with Crippen molar-refractivity contribution in [3.63, 3.8) is 0 Å². The molecule has 6 N–H and O–H groups in total. The van der Waals surface area contributed by atoms with Gasteiger partial charge in [0.05, 0.1) is 16.6 Å². The number of guanidine groups is 1. The number of rotatable bonds is 11. The molecule has 5 aromatic rings. The molecule has 1 unspecified atom stereocenters. The van der Waals surface area contributed by atoms with Gasteiger partial charge >= 0.3 is 0 Å². The Morgan fingerprint density at radius 2 is 1.58 bits per heavy atom. The predicted octanol–water partition coefficient (Wildman–Crippen LogP) is 4.68. The van der Waals surface area contributed by atoms with Crippen LogP contribution in [-0.4, -0.2) is 64.9 Å². The number of primary amides is 1. The Kier molecular flexibility index (Phi) is 9.51. The van der Waals surface area contributed by atoms with E-state index in [4.69, 9.17) is 26.9 Å². The van der Waals surface area contributed by atoms with Gasteiger partial charge in [0.2, 0.25) is 5.91 Å². The van der Waals surface area contributed by atoms with Crippen LogP contribution < -0.4 is 26.8 Å². The molecule has 246 valence electrons. The monoisotopic (exact) mass is 648 g/mol. The van der Waals surface area contributed by atoms with Crippen molar-refractivity contribution in [2.75, 3.05) is 37.6 Å². The maximum Gasteiger partial charge on any atom is 0.254 e. The number of carbonyl (C=O) groups is 2. The molecule has 1 aliphatic heterocycles. The molecule has 1 aliphatic rings. The minimum Gasteiger partial charge on any atom is -0.457 e. The lowest BCUT2D eigenvalue weighted by Crippen LogP contribution is -2.48. The van der Waals surface area contributed by atoms with Gasteiger partial charge in [-0.3, -0.25) is 14.6 Å². The van der Waals surface area contributed by atoms with E-state index in [1.165, 1.54) is 12.1 Å². The summed E-state index contributed by atoms with van der Waals surface area (Å²) in [5, 5.41) is 0. The lowest BCUT2D eigenvalue weighted by molar-refractivity contribution is -0.121. The molecule has 11 nitrogen and oxygen atoms in total. The number of nitrogens with zero attached hydrogens (tertiary/aromatic N) is 5. The van der Waals surface area contributed by atoms with Gasteiger partial charge in [0.15, 0.2) is 5.96 Å². The van der Waals surface area contributed by atoms with Crippen LogP contribution in [0.25, 0.3) is 22.4 Å². The summed E-state index contributed by atoms with van der Waals surface area (Å²) in [6, 6.07) is 27.7. The lowest BCUT2D eigenvalue weighted by atomic mass is 10.1. The molecule has 0 aliphatic carbocycles. The molecule has 4 aromatic carbocycles. The van der Waals surface area contributed by atoms with Crippen molar-refractivity contribution in [2.24, 2.45) is 22.2 Å². The van der Waals surface area contributed by atoms with Gasteiger partial charge in [0.1, 0.15) is 29.2 Å². The Morgan fingerprint density at radius 3 is 2.29 bits per heavy atom. The molecule has 2 amide bonds. The second-order valence-electron chi connectivity index (χ2n) is 11.5. The number of fused-ring (bicyclic) bond motifs is 1. The van der Waals surface area contributed by atoms with Crippen LogP contribution in [0.1, 0.15) is 29.2 Å². The number of hydrogen-bond acceptors (Lipinski definition) is 6. The van der Waals surface area contributed by atoms with Crippen LogP contribution in [0.15, 0.2) is 102 Å². The fourth-order valence-corrected chi connectivity index (χ4v) is 5.99. The average Bonchev–Trinajstić information content (AvgIpc) is 3.47. The number of amides is 2. The molecule has 1 saturated heterocycles. The first kappa shape index (κ1) is 32.0. The third-order valence-electron chi connectivity index (χ3n) is 8.36. The number of piperazine rings is 1. The highest BCUT2D eigenvalue weighted by Crippen LogP contribution is 2.37. The van der Waals surface area contributed by atoms with E-state index in [1.54, 1.807) is 35.2 Å². The van der Waals surface area contributed by atoms with E-state index in [0.29, 0.717) is 85.0 Å². The second kappa shape index (κ2) is 14.2. The number of nitrogens with two attached hydrogens (primary N) is 3. The van der Waals surface area contributed by atoms with Crippen LogP contribution in [0.2, 0.25) is 0 Å². The number of halogens is 1. The molecule has 1 fully saturated rings. The van der Waals surface area contributed by atoms with E-state index in [9.17, 15) is 14.0 Å². The lowest BCUT2D eigenvalue weighted by Gasteiger charge is -2.36. The van der Waals surface area contributed by atoms with E-state index in [-0.39, 0.29) is 17.7 Å². The van der Waals surface area contributed by atoms with E-state index >= 15 is 0 Å². The van der Waals surface area contributed by atoms with Crippen molar-refractivity contribution in [3.05, 3.63) is 108 Å². The van der Waals surface area contributed by atoms with Crippen molar-refractivity contribution in [1.29, 1.82) is 0 Å². The Morgan fingerprint density at radius 1 is 0.875 bits per heavy atom. The zero-order valence-corrected chi connectivity index (χ0v) is 26.3. The smallest absolute Gasteiger partial charge is 0.254 e. The molecule has 1 aromatic heterocycles. The van der Waals surface area contributed by atoms with Crippen LogP contribution in [0.5, 0.6) is 11.5 Å². The van der Waals surface area contributed by atoms with Crippen molar-refractivity contribution in [2.45, 2.75) is 18.9 Å². The Labute approximate surface area is 277 Å². The summed E-state index contributed by atoms with van der Waals surface area (Å²) in [4.78, 5) is 39.7. The molecule has 2 heterocycles. The number of anilines is 1. The zero-order valence-electron chi connectivity index (χ0n) is 26.3. The van der Waals surface area contributed by atoms with Gasteiger partial charge in [0.25, 0.3) is 5.91 Å². The summed E-state index contributed by atoms with van der Waals surface area (Å²) in [7, 11) is 0. The molecule has 48 heavy (non-hydrogen) atoms. The largest absolute Gasteiger partial charge is 0.457 e.